The lowest BCUT2D eigenvalue weighted by atomic mass is 9.61. The van der Waals surface area contributed by atoms with Crippen LogP contribution in [0.3, 0.4) is 0 Å². The van der Waals surface area contributed by atoms with E-state index >= 15 is 0 Å². The summed E-state index contributed by atoms with van der Waals surface area (Å²) in [6.07, 6.45) is 1.76. The van der Waals surface area contributed by atoms with Crippen LogP contribution in [0, 0.1) is 17.8 Å². The van der Waals surface area contributed by atoms with Crippen molar-refractivity contribution in [3.8, 4) is 0 Å². The number of rotatable bonds is 5. The SMILES string of the molecule is CC(C)S(=O)(=O)N1CC[C@@H]2C[C@@H](C(=O)N(C)Cc3cscn3)[C@@H]2C1. The summed E-state index contributed by atoms with van der Waals surface area (Å²) in [5.74, 6) is 0.722. The van der Waals surface area contributed by atoms with E-state index < -0.39 is 15.3 Å². The molecule has 1 aliphatic heterocycles. The van der Waals surface area contributed by atoms with Gasteiger partial charge in [-0.3, -0.25) is 4.79 Å². The van der Waals surface area contributed by atoms with Gasteiger partial charge in [0.15, 0.2) is 0 Å². The number of hydrogen-bond acceptors (Lipinski definition) is 5. The van der Waals surface area contributed by atoms with Crippen LogP contribution in [0.2, 0.25) is 0 Å². The monoisotopic (exact) mass is 371 g/mol. The first-order chi connectivity index (χ1) is 11.3. The Hall–Kier alpha value is -0.990. The van der Waals surface area contributed by atoms with Gasteiger partial charge in [-0.1, -0.05) is 0 Å². The predicted octanol–water partition coefficient (Wildman–Crippen LogP) is 1.80. The van der Waals surface area contributed by atoms with Crippen LogP contribution in [0.1, 0.15) is 32.4 Å². The van der Waals surface area contributed by atoms with Crippen molar-refractivity contribution in [2.75, 3.05) is 20.1 Å². The Kier molecular flexibility index (Phi) is 4.99. The number of fused-ring (bicyclic) bond motifs is 1. The van der Waals surface area contributed by atoms with Gasteiger partial charge in [-0.2, -0.15) is 0 Å². The molecule has 1 amide bonds. The minimum atomic E-state index is -3.23. The molecule has 24 heavy (non-hydrogen) atoms. The van der Waals surface area contributed by atoms with Crippen molar-refractivity contribution >= 4 is 27.3 Å². The minimum Gasteiger partial charge on any atom is -0.340 e. The van der Waals surface area contributed by atoms with E-state index in [1.807, 2.05) is 5.38 Å². The van der Waals surface area contributed by atoms with Gasteiger partial charge in [-0.15, -0.1) is 11.3 Å². The summed E-state index contributed by atoms with van der Waals surface area (Å²) in [4.78, 5) is 18.7. The maximum atomic E-state index is 12.7. The van der Waals surface area contributed by atoms with Crippen LogP contribution in [0.4, 0.5) is 0 Å². The van der Waals surface area contributed by atoms with Crippen LogP contribution in [-0.2, 0) is 21.4 Å². The van der Waals surface area contributed by atoms with E-state index in [2.05, 4.69) is 4.98 Å². The maximum Gasteiger partial charge on any atom is 0.226 e. The second-order valence-electron chi connectivity index (χ2n) is 7.18. The Morgan fingerprint density at radius 3 is 2.88 bits per heavy atom. The topological polar surface area (TPSA) is 70.6 Å². The standard InChI is InChI=1S/C16H25N3O3S2/c1-11(2)24(21,22)19-5-4-12-6-14(15(12)8-19)16(20)18(3)7-13-9-23-10-17-13/h9-12,14-15H,4-8H2,1-3H3/t12-,14-,15-/m1/s1. The largest absolute Gasteiger partial charge is 0.340 e. The van der Waals surface area contributed by atoms with Crippen LogP contribution in [0.15, 0.2) is 10.9 Å². The molecule has 3 rings (SSSR count). The van der Waals surface area contributed by atoms with Crippen LogP contribution >= 0.6 is 11.3 Å². The molecule has 0 radical (unpaired) electrons. The number of sulfonamides is 1. The fourth-order valence-electron chi connectivity index (χ4n) is 3.79. The number of piperidine rings is 1. The molecule has 0 N–H and O–H groups in total. The summed E-state index contributed by atoms with van der Waals surface area (Å²) < 4.78 is 26.4. The second kappa shape index (κ2) is 6.72. The lowest BCUT2D eigenvalue weighted by Crippen LogP contribution is -2.56. The van der Waals surface area contributed by atoms with Crippen LogP contribution in [0.5, 0.6) is 0 Å². The van der Waals surface area contributed by atoms with Gasteiger partial charge in [-0.05, 0) is 38.5 Å². The molecule has 1 aliphatic carbocycles. The van der Waals surface area contributed by atoms with E-state index in [-0.39, 0.29) is 17.7 Å². The molecule has 0 unspecified atom stereocenters. The number of carbonyl (C=O) groups excluding carboxylic acids is 1. The third kappa shape index (κ3) is 3.23. The van der Waals surface area contributed by atoms with Gasteiger partial charge in [0, 0.05) is 31.4 Å². The smallest absolute Gasteiger partial charge is 0.226 e. The molecule has 1 saturated carbocycles. The molecule has 1 aromatic heterocycles. The van der Waals surface area contributed by atoms with Crippen molar-refractivity contribution in [1.29, 1.82) is 0 Å². The maximum absolute atomic E-state index is 12.7. The van der Waals surface area contributed by atoms with Crippen molar-refractivity contribution in [3.05, 3.63) is 16.6 Å². The molecule has 1 saturated heterocycles. The first-order valence-corrected chi connectivity index (χ1v) is 10.9. The summed E-state index contributed by atoms with van der Waals surface area (Å²) in [5, 5.41) is 1.54. The molecule has 0 aromatic carbocycles. The second-order valence-corrected chi connectivity index (χ2v) is 10.4. The fraction of sp³-hybridized carbons (Fsp3) is 0.750. The van der Waals surface area contributed by atoms with Crippen molar-refractivity contribution in [1.82, 2.24) is 14.2 Å². The number of amides is 1. The fourth-order valence-corrected chi connectivity index (χ4v) is 5.67. The summed E-state index contributed by atoms with van der Waals surface area (Å²) in [5.41, 5.74) is 2.67. The van der Waals surface area contributed by atoms with Gasteiger partial charge in [0.25, 0.3) is 0 Å². The lowest BCUT2D eigenvalue weighted by Gasteiger charge is -2.50. The molecule has 134 valence electrons. The molecule has 2 heterocycles. The van der Waals surface area contributed by atoms with Crippen LogP contribution in [-0.4, -0.2) is 53.9 Å². The average molecular weight is 372 g/mol. The van der Waals surface area contributed by atoms with E-state index in [4.69, 9.17) is 0 Å². The Balaban J connectivity index is 1.63. The third-order valence-electron chi connectivity index (χ3n) is 5.37. The molecular weight excluding hydrogens is 346 g/mol. The van der Waals surface area contributed by atoms with Gasteiger partial charge in [0.2, 0.25) is 15.9 Å². The van der Waals surface area contributed by atoms with Crippen molar-refractivity contribution in [3.63, 3.8) is 0 Å². The number of nitrogens with zero attached hydrogens (tertiary/aromatic N) is 3. The molecule has 6 nitrogen and oxygen atoms in total. The highest BCUT2D eigenvalue weighted by molar-refractivity contribution is 7.89. The van der Waals surface area contributed by atoms with Crippen LogP contribution in [0.25, 0.3) is 0 Å². The first kappa shape index (κ1) is 17.8. The van der Waals surface area contributed by atoms with E-state index in [0.29, 0.717) is 25.6 Å². The van der Waals surface area contributed by atoms with Gasteiger partial charge in [0.05, 0.1) is 23.0 Å². The quantitative estimate of drug-likeness (QED) is 0.791. The molecule has 0 spiro atoms. The lowest BCUT2D eigenvalue weighted by molar-refractivity contribution is -0.146. The molecule has 1 aromatic rings. The summed E-state index contributed by atoms with van der Waals surface area (Å²) in [6.45, 7) is 5.03. The van der Waals surface area contributed by atoms with E-state index in [0.717, 1.165) is 18.5 Å². The number of thiazole rings is 1. The van der Waals surface area contributed by atoms with Gasteiger partial charge < -0.3 is 4.90 Å². The summed E-state index contributed by atoms with van der Waals surface area (Å²) in [7, 11) is -1.43. The zero-order valence-corrected chi connectivity index (χ0v) is 16.0. The molecule has 2 aliphatic rings. The first-order valence-electron chi connectivity index (χ1n) is 8.41. The van der Waals surface area contributed by atoms with Gasteiger partial charge in [0.1, 0.15) is 0 Å². The third-order valence-corrected chi connectivity index (χ3v) is 8.25. The van der Waals surface area contributed by atoms with Crippen LogP contribution < -0.4 is 0 Å². The van der Waals surface area contributed by atoms with E-state index in [1.165, 1.54) is 11.3 Å². The number of hydrogen-bond donors (Lipinski definition) is 0. The van der Waals surface area contributed by atoms with Crippen molar-refractivity contribution in [2.45, 2.75) is 38.5 Å². The minimum absolute atomic E-state index is 0.0520. The van der Waals surface area contributed by atoms with E-state index in [1.54, 1.807) is 35.6 Å². The van der Waals surface area contributed by atoms with Crippen molar-refractivity contribution in [2.24, 2.45) is 17.8 Å². The zero-order valence-electron chi connectivity index (χ0n) is 14.4. The predicted molar refractivity (Wildman–Crippen MR) is 93.9 cm³/mol. The van der Waals surface area contributed by atoms with Gasteiger partial charge >= 0.3 is 0 Å². The highest BCUT2D eigenvalue weighted by Crippen LogP contribution is 2.47. The molecule has 2 fully saturated rings. The molecule has 3 atom stereocenters. The average Bonchev–Trinajstić information content (AvgIpc) is 3.00. The highest BCUT2D eigenvalue weighted by atomic mass is 32.2. The number of aromatic nitrogens is 1. The Labute approximate surface area is 147 Å². The Morgan fingerprint density at radius 2 is 2.25 bits per heavy atom. The molecule has 8 heteroatoms. The Morgan fingerprint density at radius 1 is 1.50 bits per heavy atom. The van der Waals surface area contributed by atoms with Crippen molar-refractivity contribution < 1.29 is 13.2 Å². The van der Waals surface area contributed by atoms with E-state index in [9.17, 15) is 13.2 Å². The Bertz CT molecular complexity index is 687. The number of carbonyl (C=O) groups is 1. The normalized spacial score (nSPS) is 27.6. The van der Waals surface area contributed by atoms with Gasteiger partial charge in [-0.25, -0.2) is 17.7 Å². The molecular formula is C16H25N3O3S2. The zero-order chi connectivity index (χ0) is 17.5. The summed E-state index contributed by atoms with van der Waals surface area (Å²) in [6, 6.07) is 0. The summed E-state index contributed by atoms with van der Waals surface area (Å²) >= 11 is 1.52. The molecule has 0 bridgehead atoms. The highest BCUT2D eigenvalue weighted by Gasteiger charge is 2.50.